The minimum Gasteiger partial charge on any atom is -0.459 e. The number of hydrogen-bond acceptors (Lipinski definition) is 19. The van der Waals surface area contributed by atoms with E-state index in [-0.39, 0.29) is 72.9 Å². The van der Waals surface area contributed by atoms with Gasteiger partial charge in [0.25, 0.3) is 0 Å². The van der Waals surface area contributed by atoms with Crippen LogP contribution in [-0.4, -0.2) is 125 Å². The lowest BCUT2D eigenvalue weighted by atomic mass is 9.48. The van der Waals surface area contributed by atoms with Crippen LogP contribution >= 0.6 is 0 Å². The van der Waals surface area contributed by atoms with Gasteiger partial charge in [-0.05, 0) is 224 Å². The minimum atomic E-state index is -1.35. The second-order valence-corrected chi connectivity index (χ2v) is 34.7. The van der Waals surface area contributed by atoms with E-state index in [4.69, 9.17) is 61.6 Å². The van der Waals surface area contributed by atoms with Gasteiger partial charge >= 0.3 is 36.4 Å². The fourth-order valence-electron chi connectivity index (χ4n) is 17.1. The Morgan fingerprint density at radius 2 is 0.582 bits per heavy atom. The molecule has 91 heavy (non-hydrogen) atoms. The monoisotopic (exact) mass is 1290 g/mol. The summed E-state index contributed by atoms with van der Waals surface area (Å²) in [5.74, 6) is 2.00. The average Bonchev–Trinajstić information content (AvgIpc) is 0.692. The van der Waals surface area contributed by atoms with Crippen molar-refractivity contribution in [1.29, 1.82) is 0 Å². The molecule has 0 aromatic heterocycles. The minimum absolute atomic E-state index is 0.0358. The van der Waals surface area contributed by atoms with Crippen LogP contribution < -0.4 is 0 Å². The van der Waals surface area contributed by atoms with Crippen molar-refractivity contribution in [2.45, 2.75) is 354 Å². The van der Waals surface area contributed by atoms with Crippen LogP contribution in [0.1, 0.15) is 293 Å². The van der Waals surface area contributed by atoms with E-state index in [2.05, 4.69) is 27.7 Å². The van der Waals surface area contributed by atoms with Gasteiger partial charge in [-0.15, -0.1) is 0 Å². The Hall–Kier alpha value is -3.94. The fraction of sp³-hybridized carbons (Fsp3) is 0.917. The molecule has 522 valence electrons. The van der Waals surface area contributed by atoms with Crippen LogP contribution in [-0.2, 0) is 76.0 Å². The van der Waals surface area contributed by atoms with Crippen LogP contribution in [0.5, 0.6) is 0 Å². The van der Waals surface area contributed by atoms with Gasteiger partial charge in [0.05, 0.1) is 27.4 Å². The van der Waals surface area contributed by atoms with Crippen LogP contribution in [0.15, 0.2) is 0 Å². The Labute approximate surface area is 545 Å². The molecule has 0 aliphatic heterocycles. The Balaban J connectivity index is 0.000000206. The smallest absolute Gasteiger partial charge is 0.459 e. The third kappa shape index (κ3) is 19.0. The van der Waals surface area contributed by atoms with Crippen molar-refractivity contribution in [2.75, 3.05) is 26.8 Å². The number of carbonyl (C=O) groups is 6. The van der Waals surface area contributed by atoms with Crippen LogP contribution in [0.3, 0.4) is 0 Å². The Bertz CT molecular complexity index is 2410. The normalized spacial score (nSPS) is 34.2. The molecule has 0 spiro atoms. The Kier molecular flexibility index (Phi) is 22.3. The molecule has 12 fully saturated rings. The summed E-state index contributed by atoms with van der Waals surface area (Å²) in [4.78, 5) is 78.2. The van der Waals surface area contributed by atoms with Crippen molar-refractivity contribution in [3.05, 3.63) is 0 Å². The maximum atomic E-state index is 13.5. The summed E-state index contributed by atoms with van der Waals surface area (Å²) in [7, 11) is 0. The topological polar surface area (TPSA) is 222 Å². The van der Waals surface area contributed by atoms with Crippen molar-refractivity contribution in [3.63, 3.8) is 0 Å². The van der Waals surface area contributed by atoms with Gasteiger partial charge in [0.15, 0.2) is 0 Å². The van der Waals surface area contributed by atoms with E-state index in [0.717, 1.165) is 110 Å². The highest BCUT2D eigenvalue weighted by Gasteiger charge is 2.75. The van der Waals surface area contributed by atoms with Crippen molar-refractivity contribution in [3.8, 4) is 0 Å². The summed E-state index contributed by atoms with van der Waals surface area (Å²) < 4.78 is 77.1. The van der Waals surface area contributed by atoms with E-state index in [1.807, 2.05) is 34.6 Å². The number of esters is 3. The summed E-state index contributed by atoms with van der Waals surface area (Å²) in [6.07, 6.45) is 15.9. The van der Waals surface area contributed by atoms with Crippen LogP contribution in [0.2, 0.25) is 0 Å². The van der Waals surface area contributed by atoms with Crippen LogP contribution in [0.4, 0.5) is 14.4 Å². The maximum absolute atomic E-state index is 13.5. The number of ether oxygens (including phenoxy) is 13. The fourth-order valence-corrected chi connectivity index (χ4v) is 17.1. The number of hydrogen-bond donors (Lipinski definition) is 0. The predicted molar refractivity (Wildman–Crippen MR) is 340 cm³/mol. The molecular weight excluding hydrogens is 1170 g/mol. The summed E-state index contributed by atoms with van der Waals surface area (Å²) >= 11 is 0. The molecule has 12 rings (SSSR count). The molecule has 0 N–H and O–H groups in total. The zero-order valence-electron chi connectivity index (χ0n) is 59.9. The number of unbranched alkanes of at least 4 members (excludes halogenated alkanes) is 1. The lowest BCUT2D eigenvalue weighted by Gasteiger charge is -2.66. The van der Waals surface area contributed by atoms with E-state index < -0.39 is 79.9 Å². The Morgan fingerprint density at radius 3 is 0.846 bits per heavy atom. The molecule has 12 aliphatic carbocycles. The quantitative estimate of drug-likeness (QED) is 0.0401. The second-order valence-electron chi connectivity index (χ2n) is 34.7. The van der Waals surface area contributed by atoms with Gasteiger partial charge in [-0.25, -0.2) is 14.4 Å². The molecule has 12 bridgehead atoms. The van der Waals surface area contributed by atoms with E-state index in [1.54, 1.807) is 76.2 Å². The highest BCUT2D eigenvalue weighted by atomic mass is 16.8. The number of rotatable bonds is 23. The molecule has 19 nitrogen and oxygen atoms in total. The first-order valence-electron chi connectivity index (χ1n) is 34.8. The summed E-state index contributed by atoms with van der Waals surface area (Å²) in [6, 6.07) is 0. The maximum Gasteiger partial charge on any atom is 0.509 e. The first-order chi connectivity index (χ1) is 41.9. The van der Waals surface area contributed by atoms with Gasteiger partial charge in [0.1, 0.15) is 64.0 Å². The second kappa shape index (κ2) is 27.3. The SMILES string of the molecule is CCC(C)(C)C(=O)OC12CC3(OC(=O)OC(C)(C)C)CC(OC(=O)OC(C)(C)C)(CC(OC(=O)OC(C)(C)C)(C3)C1)C2.CCCCOCOC12CC3CC(C1)CC(OC(=O)C(C)(C)CC)(C3)C2.CCCOCOC12CC3CC(C1)CC(OC(=O)C(C)(C)CC)(C3)C2. The number of carbonyl (C=O) groups excluding carboxylic acids is 6. The van der Waals surface area contributed by atoms with Crippen molar-refractivity contribution in [1.82, 2.24) is 0 Å². The molecule has 19 heteroatoms. The third-order valence-corrected chi connectivity index (χ3v) is 21.0. The summed E-state index contributed by atoms with van der Waals surface area (Å²) in [5, 5.41) is 0. The molecule has 4 atom stereocenters. The standard InChI is InChI=1S/C31H50O11.C21H36O4.C20H34O4/c1-13-27(11,12)20(32)36-28-14-29(40-21(33)37-24(2,3)4)17-30(15-28,41-22(34)38-25(5,6)7)19-31(16-28,18-29)42-23(35)39-26(8,9)10;1-5-7-8-23-15-24-20-10-16-9-17(11-20)13-21(12-16,14-20)25-18(22)19(3,4)6-2;1-5-7-22-14-23-19-9-15-8-16(10-19)12-20(11-15,13-19)24-17(21)18(3,4)6-2/h13-19H2,1-12H3;16-17H,5-15H2,1-4H3;15-16H,5-14H2,1-4H3. The van der Waals surface area contributed by atoms with E-state index in [9.17, 15) is 28.8 Å². The van der Waals surface area contributed by atoms with Gasteiger partial charge in [-0.3, -0.25) is 14.4 Å². The molecule has 0 aromatic rings. The molecule has 4 unspecified atom stereocenters. The van der Waals surface area contributed by atoms with Gasteiger partial charge in [-0.1, -0.05) is 41.0 Å². The molecule has 12 aliphatic rings. The Morgan fingerprint density at radius 1 is 0.330 bits per heavy atom. The molecule has 0 heterocycles. The predicted octanol–water partition coefficient (Wildman–Crippen LogP) is 16.5. The molecular formula is C72H120O19. The zero-order valence-corrected chi connectivity index (χ0v) is 59.9. The van der Waals surface area contributed by atoms with Crippen LogP contribution in [0, 0.1) is 39.9 Å². The molecule has 0 amide bonds. The van der Waals surface area contributed by atoms with Gasteiger partial charge in [0, 0.05) is 64.6 Å². The third-order valence-electron chi connectivity index (χ3n) is 21.0. The average molecular weight is 1290 g/mol. The van der Waals surface area contributed by atoms with Crippen molar-refractivity contribution in [2.24, 2.45) is 39.9 Å². The van der Waals surface area contributed by atoms with E-state index >= 15 is 0 Å². The zero-order chi connectivity index (χ0) is 67.8. The first kappa shape index (κ1) is 74.5. The van der Waals surface area contributed by atoms with Gasteiger partial charge in [0.2, 0.25) is 0 Å². The lowest BCUT2D eigenvalue weighted by molar-refractivity contribution is -0.307. The van der Waals surface area contributed by atoms with E-state index in [1.165, 1.54) is 12.8 Å². The summed E-state index contributed by atoms with van der Waals surface area (Å²) in [5.41, 5.74) is -10.3. The first-order valence-corrected chi connectivity index (χ1v) is 34.8. The lowest BCUT2D eigenvalue weighted by Crippen LogP contribution is -2.75. The van der Waals surface area contributed by atoms with Crippen molar-refractivity contribution < 1.29 is 90.3 Å². The molecule has 12 saturated carbocycles. The molecule has 0 saturated heterocycles. The van der Waals surface area contributed by atoms with Crippen LogP contribution in [0.25, 0.3) is 0 Å². The van der Waals surface area contributed by atoms with Gasteiger partial charge in [-0.2, -0.15) is 0 Å². The van der Waals surface area contributed by atoms with Crippen molar-refractivity contribution >= 4 is 36.4 Å². The highest BCUT2D eigenvalue weighted by Crippen LogP contribution is 2.67. The largest absolute Gasteiger partial charge is 0.509 e. The van der Waals surface area contributed by atoms with E-state index in [0.29, 0.717) is 43.7 Å². The molecule has 0 aromatic carbocycles. The molecule has 0 radical (unpaired) electrons. The highest BCUT2D eigenvalue weighted by molar-refractivity contribution is 5.77. The van der Waals surface area contributed by atoms with Gasteiger partial charge < -0.3 is 61.6 Å². The summed E-state index contributed by atoms with van der Waals surface area (Å²) in [6.45, 7) is 39.5.